The Bertz CT molecular complexity index is 1390. The van der Waals surface area contributed by atoms with Gasteiger partial charge in [-0.3, -0.25) is 14.4 Å². The number of carbonyl (C=O) groups is 6. The molecule has 1 aliphatic rings. The molecule has 298 valence electrons. The monoisotopic (exact) mass is 743 g/mol. The first-order chi connectivity index (χ1) is 24.8. The van der Waals surface area contributed by atoms with Crippen molar-refractivity contribution >= 4 is 35.6 Å². The van der Waals surface area contributed by atoms with Crippen molar-refractivity contribution in [2.45, 2.75) is 138 Å². The summed E-state index contributed by atoms with van der Waals surface area (Å²) in [5.41, 5.74) is 0.918. The third-order valence-electron chi connectivity index (χ3n) is 10.8. The number of likely N-dealkylation sites (N-methyl/N-ethyl adjacent to an activating group) is 3. The lowest BCUT2D eigenvalue weighted by molar-refractivity contribution is -0.181. The van der Waals surface area contributed by atoms with Crippen LogP contribution < -0.4 is 0 Å². The molecule has 0 radical (unpaired) electrons. The molecule has 1 aromatic rings. The van der Waals surface area contributed by atoms with E-state index in [1.807, 2.05) is 65.0 Å². The molecule has 12 heteroatoms. The Hall–Kier alpha value is -3.96. The van der Waals surface area contributed by atoms with Gasteiger partial charge in [0.25, 0.3) is 17.7 Å². The van der Waals surface area contributed by atoms with Crippen LogP contribution in [0.15, 0.2) is 30.3 Å². The quantitative estimate of drug-likeness (QED) is 0.218. The molecule has 1 aromatic carbocycles. The number of esters is 3. The van der Waals surface area contributed by atoms with Crippen molar-refractivity contribution in [3.63, 3.8) is 0 Å². The van der Waals surface area contributed by atoms with Gasteiger partial charge in [-0.2, -0.15) is 0 Å². The topological polar surface area (TPSA) is 140 Å². The summed E-state index contributed by atoms with van der Waals surface area (Å²) in [6, 6.07) is 6.08. The van der Waals surface area contributed by atoms with Crippen LogP contribution in [-0.4, -0.2) is 108 Å². The van der Waals surface area contributed by atoms with Crippen LogP contribution in [0.3, 0.4) is 0 Å². The second-order valence-corrected chi connectivity index (χ2v) is 15.5. The first-order valence-electron chi connectivity index (χ1n) is 19.3. The first-order valence-corrected chi connectivity index (χ1v) is 19.3. The summed E-state index contributed by atoms with van der Waals surface area (Å²) in [6.07, 6.45) is -1.92. The Balaban J connectivity index is 2.84. The van der Waals surface area contributed by atoms with Crippen molar-refractivity contribution in [1.82, 2.24) is 14.7 Å². The number of nitrogens with zero attached hydrogens (tertiary/aromatic N) is 3. The number of cyclic esters (lactones) is 3. The molecular weight excluding hydrogens is 678 g/mol. The lowest BCUT2D eigenvalue weighted by atomic mass is 9.94. The van der Waals surface area contributed by atoms with Gasteiger partial charge in [0.2, 0.25) is 0 Å². The molecule has 0 N–H and O–H groups in total. The largest absolute Gasteiger partial charge is 0.451 e. The summed E-state index contributed by atoms with van der Waals surface area (Å²) in [6.45, 7) is 18.0. The fourth-order valence-electron chi connectivity index (χ4n) is 6.74. The van der Waals surface area contributed by atoms with Gasteiger partial charge in [0.15, 0.2) is 18.3 Å². The van der Waals surface area contributed by atoms with E-state index in [9.17, 15) is 28.8 Å². The summed E-state index contributed by atoms with van der Waals surface area (Å²) in [7, 11) is 4.41. The van der Waals surface area contributed by atoms with E-state index in [0.29, 0.717) is 25.7 Å². The van der Waals surface area contributed by atoms with Gasteiger partial charge in [0.1, 0.15) is 18.1 Å². The standard InChI is InChI=1S/C41H65N3O9/c1-14-26(8)31-39(48)51-30(23-22-29-20-18-17-19-21-29)36(45)42(11)32(27(9)15-2)40(49)52-35(25(6)7)38(47)44(13)33(28(10)16-3)41(50)53-34(24(4)5)37(46)43(31)12/h17-21,24-28,30-35H,14-16,22-23H2,1-13H3/t26-,27-,28-,30+,31-,32-,33-,34+,35+/m0/s1. The van der Waals surface area contributed by atoms with Gasteiger partial charge in [0, 0.05) is 21.1 Å². The Kier molecular flexibility index (Phi) is 17.5. The van der Waals surface area contributed by atoms with E-state index in [-0.39, 0.29) is 6.42 Å². The molecule has 0 aromatic heterocycles. The minimum absolute atomic E-state index is 0.104. The van der Waals surface area contributed by atoms with Crippen LogP contribution >= 0.6 is 0 Å². The maximum absolute atomic E-state index is 14.5. The lowest BCUT2D eigenvalue weighted by Gasteiger charge is -2.39. The minimum Gasteiger partial charge on any atom is -0.451 e. The van der Waals surface area contributed by atoms with Crippen molar-refractivity contribution in [2.75, 3.05) is 21.1 Å². The van der Waals surface area contributed by atoms with Gasteiger partial charge < -0.3 is 28.9 Å². The summed E-state index contributed by atoms with van der Waals surface area (Å²) in [4.78, 5) is 89.2. The number of aryl methyl sites for hydroxylation is 1. The van der Waals surface area contributed by atoms with Gasteiger partial charge in [0.05, 0.1) is 0 Å². The molecule has 3 amide bonds. The smallest absolute Gasteiger partial charge is 0.329 e. The molecule has 12 nitrogen and oxygen atoms in total. The van der Waals surface area contributed by atoms with Gasteiger partial charge in [-0.1, -0.05) is 119 Å². The third-order valence-corrected chi connectivity index (χ3v) is 10.8. The van der Waals surface area contributed by atoms with Gasteiger partial charge in [-0.15, -0.1) is 0 Å². The molecule has 9 atom stereocenters. The van der Waals surface area contributed by atoms with E-state index in [0.717, 1.165) is 5.56 Å². The fourth-order valence-corrected chi connectivity index (χ4v) is 6.74. The van der Waals surface area contributed by atoms with Crippen LogP contribution in [0.25, 0.3) is 0 Å². The molecule has 1 aliphatic heterocycles. The highest BCUT2D eigenvalue weighted by atomic mass is 16.6. The van der Waals surface area contributed by atoms with E-state index in [1.165, 1.54) is 35.8 Å². The highest BCUT2D eigenvalue weighted by Gasteiger charge is 2.45. The van der Waals surface area contributed by atoms with Crippen LogP contribution in [0.5, 0.6) is 0 Å². The van der Waals surface area contributed by atoms with E-state index < -0.39 is 102 Å². The van der Waals surface area contributed by atoms with Crippen LogP contribution in [0.4, 0.5) is 0 Å². The molecular formula is C41H65N3O9. The second-order valence-electron chi connectivity index (χ2n) is 15.5. The Morgan fingerprint density at radius 1 is 0.528 bits per heavy atom. The van der Waals surface area contributed by atoms with Crippen LogP contribution in [-0.2, 0) is 49.4 Å². The summed E-state index contributed by atoms with van der Waals surface area (Å²) in [5.74, 6) is -6.36. The number of ether oxygens (including phenoxy) is 3. The zero-order valence-electron chi connectivity index (χ0n) is 34.3. The molecule has 0 bridgehead atoms. The Labute approximate surface area is 317 Å². The molecule has 2 rings (SSSR count). The Morgan fingerprint density at radius 2 is 0.868 bits per heavy atom. The van der Waals surface area contributed by atoms with Crippen molar-refractivity contribution in [3.8, 4) is 0 Å². The summed E-state index contributed by atoms with van der Waals surface area (Å²) in [5, 5.41) is 0. The number of benzene rings is 1. The van der Waals surface area contributed by atoms with Crippen molar-refractivity contribution in [2.24, 2.45) is 29.6 Å². The van der Waals surface area contributed by atoms with Crippen molar-refractivity contribution in [1.29, 1.82) is 0 Å². The molecule has 1 fully saturated rings. The number of hydrogen-bond acceptors (Lipinski definition) is 9. The molecule has 0 spiro atoms. The molecule has 1 heterocycles. The molecule has 1 saturated heterocycles. The molecule has 53 heavy (non-hydrogen) atoms. The van der Waals surface area contributed by atoms with Crippen LogP contribution in [0, 0.1) is 29.6 Å². The molecule has 0 saturated carbocycles. The Morgan fingerprint density at radius 3 is 1.21 bits per heavy atom. The van der Waals surface area contributed by atoms with E-state index >= 15 is 0 Å². The average molecular weight is 744 g/mol. The van der Waals surface area contributed by atoms with Gasteiger partial charge in [-0.25, -0.2) is 14.4 Å². The predicted octanol–water partition coefficient (Wildman–Crippen LogP) is 5.30. The van der Waals surface area contributed by atoms with E-state index in [4.69, 9.17) is 14.2 Å². The normalized spacial score (nSPS) is 26.5. The number of hydrogen-bond donors (Lipinski definition) is 0. The van der Waals surface area contributed by atoms with Gasteiger partial charge in [-0.05, 0) is 48.0 Å². The molecule has 0 aliphatic carbocycles. The lowest BCUT2D eigenvalue weighted by Crippen LogP contribution is -2.57. The van der Waals surface area contributed by atoms with Crippen LogP contribution in [0.1, 0.15) is 100 Å². The zero-order chi connectivity index (χ0) is 40.3. The summed E-state index contributed by atoms with van der Waals surface area (Å²) < 4.78 is 18.0. The molecule has 0 unspecified atom stereocenters. The highest BCUT2D eigenvalue weighted by molar-refractivity contribution is 5.94. The second kappa shape index (κ2) is 20.5. The highest BCUT2D eigenvalue weighted by Crippen LogP contribution is 2.27. The van der Waals surface area contributed by atoms with E-state index in [1.54, 1.807) is 34.6 Å². The maximum atomic E-state index is 14.5. The first kappa shape index (κ1) is 45.2. The minimum atomic E-state index is -1.32. The zero-order valence-corrected chi connectivity index (χ0v) is 34.3. The summed E-state index contributed by atoms with van der Waals surface area (Å²) >= 11 is 0. The van der Waals surface area contributed by atoms with Crippen molar-refractivity contribution in [3.05, 3.63) is 35.9 Å². The van der Waals surface area contributed by atoms with Crippen molar-refractivity contribution < 1.29 is 43.0 Å². The number of rotatable bonds is 11. The third kappa shape index (κ3) is 11.3. The van der Waals surface area contributed by atoms with Gasteiger partial charge >= 0.3 is 17.9 Å². The SMILES string of the molecule is CC[C@H](C)[C@H]1C(=O)O[C@H](C(C)C)C(=O)N(C)[C@@H]([C@@H](C)CC)C(=O)O[C@H](C(C)C)C(=O)N(C)[C@@H]([C@@H](C)CC)C(=O)O[C@H](CCc2ccccc2)C(=O)N1C. The van der Waals surface area contributed by atoms with E-state index in [2.05, 4.69) is 0 Å². The maximum Gasteiger partial charge on any atom is 0.329 e. The number of carbonyl (C=O) groups excluding carboxylic acids is 6. The average Bonchev–Trinajstić information content (AvgIpc) is 3.12. The number of amides is 3. The predicted molar refractivity (Wildman–Crippen MR) is 202 cm³/mol. The fraction of sp³-hybridized carbons (Fsp3) is 0.707. The van der Waals surface area contributed by atoms with Crippen LogP contribution in [0.2, 0.25) is 0 Å².